The molecule has 3 rings (SSSR count). The fraction of sp³-hybridized carbons (Fsp3) is 0.368. The van der Waals surface area contributed by atoms with Crippen molar-refractivity contribution in [3.63, 3.8) is 0 Å². The van der Waals surface area contributed by atoms with Crippen LogP contribution in [0.4, 0.5) is 5.69 Å². The Labute approximate surface area is 138 Å². The summed E-state index contributed by atoms with van der Waals surface area (Å²) in [5.41, 5.74) is 3.74. The van der Waals surface area contributed by atoms with E-state index in [1.807, 2.05) is 6.07 Å². The molecule has 4 nitrogen and oxygen atoms in total. The monoisotopic (exact) mass is 311 g/mol. The van der Waals surface area contributed by atoms with Crippen molar-refractivity contribution < 1.29 is 4.74 Å². The highest BCUT2D eigenvalue weighted by Crippen LogP contribution is 2.29. The number of rotatable bonds is 6. The highest BCUT2D eigenvalue weighted by molar-refractivity contribution is 5.60. The van der Waals surface area contributed by atoms with Crippen molar-refractivity contribution >= 4 is 5.69 Å². The number of piperazine rings is 1. The predicted molar refractivity (Wildman–Crippen MR) is 95.1 cm³/mol. The molecular formula is C19H25N3O. The Morgan fingerprint density at radius 1 is 1.00 bits per heavy atom. The van der Waals surface area contributed by atoms with Crippen molar-refractivity contribution in [3.05, 3.63) is 59.7 Å². The van der Waals surface area contributed by atoms with Gasteiger partial charge in [0.15, 0.2) is 0 Å². The first-order chi connectivity index (χ1) is 11.4. The highest BCUT2D eigenvalue weighted by Gasteiger charge is 2.15. The SMILES string of the molecule is COc1cc(CNCc2ccccc2)ccc1N1CCNCC1. The average molecular weight is 311 g/mol. The van der Waals surface area contributed by atoms with Gasteiger partial charge in [-0.1, -0.05) is 36.4 Å². The maximum atomic E-state index is 5.61. The fourth-order valence-electron chi connectivity index (χ4n) is 2.95. The molecule has 0 unspecified atom stereocenters. The summed E-state index contributed by atoms with van der Waals surface area (Å²) >= 11 is 0. The van der Waals surface area contributed by atoms with Crippen LogP contribution in [-0.4, -0.2) is 33.3 Å². The number of ether oxygens (including phenoxy) is 1. The third-order valence-corrected chi connectivity index (χ3v) is 4.20. The summed E-state index contributed by atoms with van der Waals surface area (Å²) in [7, 11) is 1.75. The van der Waals surface area contributed by atoms with Crippen LogP contribution < -0.4 is 20.3 Å². The van der Waals surface area contributed by atoms with E-state index in [4.69, 9.17) is 4.74 Å². The Balaban J connectivity index is 1.62. The zero-order valence-electron chi connectivity index (χ0n) is 13.7. The number of anilines is 1. The number of nitrogens with zero attached hydrogens (tertiary/aromatic N) is 1. The van der Waals surface area contributed by atoms with E-state index in [1.54, 1.807) is 7.11 Å². The molecule has 2 aromatic carbocycles. The van der Waals surface area contributed by atoms with Gasteiger partial charge in [0.2, 0.25) is 0 Å². The van der Waals surface area contributed by atoms with Gasteiger partial charge in [-0.15, -0.1) is 0 Å². The van der Waals surface area contributed by atoms with Crippen molar-refractivity contribution in [2.24, 2.45) is 0 Å². The molecule has 0 amide bonds. The van der Waals surface area contributed by atoms with Crippen LogP contribution in [0.3, 0.4) is 0 Å². The smallest absolute Gasteiger partial charge is 0.142 e. The zero-order valence-corrected chi connectivity index (χ0v) is 13.7. The van der Waals surface area contributed by atoms with Crippen molar-refractivity contribution in [2.45, 2.75) is 13.1 Å². The van der Waals surface area contributed by atoms with E-state index in [9.17, 15) is 0 Å². The van der Waals surface area contributed by atoms with E-state index in [2.05, 4.69) is 58.0 Å². The number of hydrogen-bond donors (Lipinski definition) is 2. The van der Waals surface area contributed by atoms with Crippen LogP contribution in [0.2, 0.25) is 0 Å². The topological polar surface area (TPSA) is 36.5 Å². The lowest BCUT2D eigenvalue weighted by atomic mass is 10.1. The maximum Gasteiger partial charge on any atom is 0.142 e. The third-order valence-electron chi connectivity index (χ3n) is 4.20. The van der Waals surface area contributed by atoms with Crippen LogP contribution in [0.25, 0.3) is 0 Å². The van der Waals surface area contributed by atoms with Gasteiger partial charge in [-0.05, 0) is 23.3 Å². The van der Waals surface area contributed by atoms with Gasteiger partial charge in [0.25, 0.3) is 0 Å². The Bertz CT molecular complexity index is 609. The molecular weight excluding hydrogens is 286 g/mol. The number of methoxy groups -OCH3 is 1. The van der Waals surface area contributed by atoms with Crippen molar-refractivity contribution in [1.29, 1.82) is 0 Å². The van der Waals surface area contributed by atoms with E-state index in [-0.39, 0.29) is 0 Å². The molecule has 2 N–H and O–H groups in total. The van der Waals surface area contributed by atoms with Crippen molar-refractivity contribution in [2.75, 3.05) is 38.2 Å². The molecule has 122 valence electrons. The minimum absolute atomic E-state index is 0.840. The minimum atomic E-state index is 0.840. The molecule has 1 aliphatic rings. The predicted octanol–water partition coefficient (Wildman–Crippen LogP) is 2.39. The molecule has 1 heterocycles. The Hall–Kier alpha value is -2.04. The zero-order chi connectivity index (χ0) is 15.9. The van der Waals surface area contributed by atoms with E-state index in [1.165, 1.54) is 16.8 Å². The molecule has 2 aromatic rings. The average Bonchev–Trinajstić information content (AvgIpc) is 2.63. The largest absolute Gasteiger partial charge is 0.495 e. The molecule has 0 saturated carbocycles. The number of benzene rings is 2. The minimum Gasteiger partial charge on any atom is -0.495 e. The first-order valence-corrected chi connectivity index (χ1v) is 8.24. The van der Waals surface area contributed by atoms with E-state index < -0.39 is 0 Å². The van der Waals surface area contributed by atoms with Crippen LogP contribution in [0, 0.1) is 0 Å². The van der Waals surface area contributed by atoms with E-state index in [0.29, 0.717) is 0 Å². The van der Waals surface area contributed by atoms with Gasteiger partial charge >= 0.3 is 0 Å². The fourth-order valence-corrected chi connectivity index (χ4v) is 2.95. The normalized spacial score (nSPS) is 14.7. The summed E-state index contributed by atoms with van der Waals surface area (Å²) in [6, 6.07) is 17.0. The second-order valence-corrected chi connectivity index (χ2v) is 5.83. The standard InChI is InChI=1S/C19H25N3O/c1-23-19-13-17(15-21-14-16-5-3-2-4-6-16)7-8-18(19)22-11-9-20-10-12-22/h2-8,13,20-21H,9-12,14-15H2,1H3. The molecule has 4 heteroatoms. The van der Waals surface area contributed by atoms with Crippen molar-refractivity contribution in [3.8, 4) is 5.75 Å². The van der Waals surface area contributed by atoms with Gasteiger partial charge < -0.3 is 20.3 Å². The number of hydrogen-bond acceptors (Lipinski definition) is 4. The molecule has 23 heavy (non-hydrogen) atoms. The molecule has 0 radical (unpaired) electrons. The third kappa shape index (κ3) is 4.24. The van der Waals surface area contributed by atoms with E-state index >= 15 is 0 Å². The van der Waals surface area contributed by atoms with Gasteiger partial charge in [-0.2, -0.15) is 0 Å². The summed E-state index contributed by atoms with van der Waals surface area (Å²) in [5, 5.41) is 6.87. The lowest BCUT2D eigenvalue weighted by molar-refractivity contribution is 0.412. The van der Waals surface area contributed by atoms with Crippen LogP contribution in [-0.2, 0) is 13.1 Å². The van der Waals surface area contributed by atoms with Crippen LogP contribution in [0.15, 0.2) is 48.5 Å². The molecule has 0 bridgehead atoms. The molecule has 1 fully saturated rings. The van der Waals surface area contributed by atoms with Gasteiger partial charge in [0.1, 0.15) is 5.75 Å². The first-order valence-electron chi connectivity index (χ1n) is 8.24. The van der Waals surface area contributed by atoms with E-state index in [0.717, 1.165) is 45.0 Å². The highest BCUT2D eigenvalue weighted by atomic mass is 16.5. The quantitative estimate of drug-likeness (QED) is 0.859. The second-order valence-electron chi connectivity index (χ2n) is 5.83. The van der Waals surface area contributed by atoms with Crippen molar-refractivity contribution in [1.82, 2.24) is 10.6 Å². The number of nitrogens with one attached hydrogen (secondary N) is 2. The van der Waals surface area contributed by atoms with Gasteiger partial charge in [0, 0.05) is 39.3 Å². The molecule has 0 spiro atoms. The first kappa shape index (κ1) is 15.8. The summed E-state index contributed by atoms with van der Waals surface area (Å²) in [6.45, 7) is 5.84. The summed E-state index contributed by atoms with van der Waals surface area (Å²) < 4.78 is 5.61. The molecule has 0 aromatic heterocycles. The second kappa shape index (κ2) is 7.99. The van der Waals surface area contributed by atoms with Crippen LogP contribution in [0.1, 0.15) is 11.1 Å². The summed E-state index contributed by atoms with van der Waals surface area (Å²) in [4.78, 5) is 2.39. The summed E-state index contributed by atoms with van der Waals surface area (Å²) in [6.07, 6.45) is 0. The lowest BCUT2D eigenvalue weighted by Crippen LogP contribution is -2.43. The van der Waals surface area contributed by atoms with Crippen LogP contribution in [0.5, 0.6) is 5.75 Å². The van der Waals surface area contributed by atoms with Gasteiger partial charge in [-0.25, -0.2) is 0 Å². The molecule has 1 saturated heterocycles. The maximum absolute atomic E-state index is 5.61. The van der Waals surface area contributed by atoms with Gasteiger partial charge in [0.05, 0.1) is 12.8 Å². The lowest BCUT2D eigenvalue weighted by Gasteiger charge is -2.30. The molecule has 0 atom stereocenters. The molecule has 1 aliphatic heterocycles. The summed E-state index contributed by atoms with van der Waals surface area (Å²) in [5.74, 6) is 0.964. The molecule has 0 aliphatic carbocycles. The Kier molecular flexibility index (Phi) is 5.51. The van der Waals surface area contributed by atoms with Gasteiger partial charge in [-0.3, -0.25) is 0 Å². The Morgan fingerprint density at radius 3 is 2.48 bits per heavy atom. The van der Waals surface area contributed by atoms with Crippen LogP contribution >= 0.6 is 0 Å². The Morgan fingerprint density at radius 2 is 1.74 bits per heavy atom.